The van der Waals surface area contributed by atoms with E-state index >= 15 is 0 Å². The molecule has 1 aromatic heterocycles. The second-order valence-electron chi connectivity index (χ2n) is 7.36. The second-order valence-corrected chi connectivity index (χ2v) is 7.36. The van der Waals surface area contributed by atoms with Crippen LogP contribution in [0.25, 0.3) is 0 Å². The van der Waals surface area contributed by atoms with Gasteiger partial charge in [-0.15, -0.1) is 0 Å². The van der Waals surface area contributed by atoms with Crippen molar-refractivity contribution in [2.24, 2.45) is 0 Å². The Kier molecular flexibility index (Phi) is 7.37. The predicted molar refractivity (Wildman–Crippen MR) is 112 cm³/mol. The van der Waals surface area contributed by atoms with Crippen molar-refractivity contribution >= 4 is 17.5 Å². The third kappa shape index (κ3) is 5.89. The van der Waals surface area contributed by atoms with E-state index in [1.807, 2.05) is 19.1 Å². The molecule has 10 heteroatoms. The molecule has 2 aromatic rings. The highest BCUT2D eigenvalue weighted by Crippen LogP contribution is 2.23. The number of nitro groups is 1. The third-order valence-corrected chi connectivity index (χ3v) is 5.15. The van der Waals surface area contributed by atoms with Gasteiger partial charge in [0.1, 0.15) is 11.5 Å². The fourth-order valence-electron chi connectivity index (χ4n) is 3.41. The zero-order valence-corrected chi connectivity index (χ0v) is 17.6. The second kappa shape index (κ2) is 10.2. The van der Waals surface area contributed by atoms with Crippen LogP contribution in [0.5, 0.6) is 0 Å². The number of ether oxygens (including phenoxy) is 1. The monoisotopic (exact) mass is 430 g/mol. The Balaban J connectivity index is 1.56. The van der Waals surface area contributed by atoms with Gasteiger partial charge in [-0.2, -0.15) is 0 Å². The van der Waals surface area contributed by atoms with E-state index in [1.165, 1.54) is 18.2 Å². The van der Waals surface area contributed by atoms with Gasteiger partial charge < -0.3 is 19.8 Å². The minimum absolute atomic E-state index is 0.127. The Morgan fingerprint density at radius 3 is 2.55 bits per heavy atom. The van der Waals surface area contributed by atoms with E-state index in [1.54, 1.807) is 6.92 Å². The molecule has 0 spiro atoms. The van der Waals surface area contributed by atoms with Gasteiger partial charge in [0.15, 0.2) is 0 Å². The van der Waals surface area contributed by atoms with Crippen LogP contribution in [0.3, 0.4) is 0 Å². The zero-order valence-electron chi connectivity index (χ0n) is 17.6. The van der Waals surface area contributed by atoms with Gasteiger partial charge in [-0.3, -0.25) is 24.6 Å². The normalized spacial score (nSPS) is 15.3. The first-order chi connectivity index (χ1) is 14.8. The highest BCUT2D eigenvalue weighted by Gasteiger charge is 2.25. The minimum atomic E-state index is -0.551. The Bertz CT molecular complexity index is 951. The van der Waals surface area contributed by atoms with Gasteiger partial charge in [0.25, 0.3) is 11.6 Å². The van der Waals surface area contributed by atoms with Gasteiger partial charge in [-0.1, -0.05) is 6.07 Å². The van der Waals surface area contributed by atoms with Crippen LogP contribution in [0.4, 0.5) is 5.69 Å². The number of nitro benzene ring substituents is 1. The molecule has 31 heavy (non-hydrogen) atoms. The number of benzene rings is 1. The van der Waals surface area contributed by atoms with Gasteiger partial charge >= 0.3 is 0 Å². The number of hydrogen-bond donors (Lipinski definition) is 2. The molecule has 1 unspecified atom stereocenters. The summed E-state index contributed by atoms with van der Waals surface area (Å²) in [5.41, 5.74) is 0.447. The van der Waals surface area contributed by atoms with E-state index in [2.05, 4.69) is 15.5 Å². The van der Waals surface area contributed by atoms with E-state index in [4.69, 9.17) is 9.15 Å². The largest absolute Gasteiger partial charge is 0.465 e. The van der Waals surface area contributed by atoms with Crippen LogP contribution in [0, 0.1) is 24.0 Å². The molecule has 1 fully saturated rings. The molecule has 1 atom stereocenters. The molecule has 1 aliphatic heterocycles. The number of aryl methyl sites for hydroxylation is 2. The van der Waals surface area contributed by atoms with Crippen molar-refractivity contribution in [1.29, 1.82) is 0 Å². The van der Waals surface area contributed by atoms with E-state index in [0.29, 0.717) is 25.3 Å². The maximum absolute atomic E-state index is 12.3. The van der Waals surface area contributed by atoms with E-state index < -0.39 is 10.8 Å². The molecule has 0 bridgehead atoms. The molecule has 1 saturated heterocycles. The zero-order chi connectivity index (χ0) is 22.4. The summed E-state index contributed by atoms with van der Waals surface area (Å²) in [6, 6.07) is 7.83. The summed E-state index contributed by atoms with van der Waals surface area (Å²) in [4.78, 5) is 37.3. The fourth-order valence-corrected chi connectivity index (χ4v) is 3.41. The molecule has 1 aliphatic rings. The quantitative estimate of drug-likeness (QED) is 0.482. The molecule has 2 heterocycles. The van der Waals surface area contributed by atoms with Crippen LogP contribution in [-0.2, 0) is 9.53 Å². The van der Waals surface area contributed by atoms with Gasteiger partial charge in [0, 0.05) is 36.8 Å². The molecule has 3 rings (SSSR count). The first-order valence-corrected chi connectivity index (χ1v) is 10.0. The molecule has 2 amide bonds. The maximum atomic E-state index is 12.3. The summed E-state index contributed by atoms with van der Waals surface area (Å²) in [5, 5.41) is 16.4. The Morgan fingerprint density at radius 1 is 1.16 bits per heavy atom. The highest BCUT2D eigenvalue weighted by atomic mass is 16.6. The third-order valence-electron chi connectivity index (χ3n) is 5.15. The lowest BCUT2D eigenvalue weighted by Gasteiger charge is -2.33. The summed E-state index contributed by atoms with van der Waals surface area (Å²) in [6.45, 7) is 6.21. The summed E-state index contributed by atoms with van der Waals surface area (Å²) < 4.78 is 11.2. The van der Waals surface area contributed by atoms with Crippen molar-refractivity contribution in [3.8, 4) is 0 Å². The number of furan rings is 1. The molecule has 1 aromatic carbocycles. The van der Waals surface area contributed by atoms with Crippen molar-refractivity contribution in [1.82, 2.24) is 15.5 Å². The number of amides is 2. The Labute approximate surface area is 179 Å². The Morgan fingerprint density at radius 2 is 1.90 bits per heavy atom. The number of carbonyl (C=O) groups is 2. The smallest absolute Gasteiger partial charge is 0.273 e. The molecule has 10 nitrogen and oxygen atoms in total. The summed E-state index contributed by atoms with van der Waals surface area (Å²) in [6.07, 6.45) is 0. The van der Waals surface area contributed by atoms with Crippen LogP contribution in [0.2, 0.25) is 0 Å². The van der Waals surface area contributed by atoms with Crippen molar-refractivity contribution in [2.75, 3.05) is 39.4 Å². The lowest BCUT2D eigenvalue weighted by Crippen LogP contribution is -2.45. The molecular formula is C21H26N4O6. The number of hydrogen-bond acceptors (Lipinski definition) is 7. The number of nitrogens with zero attached hydrogens (tertiary/aromatic N) is 2. The van der Waals surface area contributed by atoms with Crippen molar-refractivity contribution in [3.63, 3.8) is 0 Å². The lowest BCUT2D eigenvalue weighted by molar-refractivity contribution is -0.385. The van der Waals surface area contributed by atoms with Crippen LogP contribution >= 0.6 is 0 Å². The number of carbonyl (C=O) groups excluding carboxylic acids is 2. The van der Waals surface area contributed by atoms with Crippen LogP contribution < -0.4 is 10.6 Å². The minimum Gasteiger partial charge on any atom is -0.465 e. The van der Waals surface area contributed by atoms with Crippen LogP contribution in [-0.4, -0.2) is 61.0 Å². The highest BCUT2D eigenvalue weighted by molar-refractivity contribution is 5.97. The standard InChI is InChI=1S/C21H26N4O6/c1-14-3-5-16(11-17(14)25(28)29)21(27)23-13-20(26)22-12-18(19-6-4-15(2)31-19)24-7-9-30-10-8-24/h3-6,11,18H,7-10,12-13H2,1-2H3,(H,22,26)(H,23,27). The number of morpholine rings is 1. The van der Waals surface area contributed by atoms with Crippen LogP contribution in [0.15, 0.2) is 34.7 Å². The Hall–Kier alpha value is -3.24. The van der Waals surface area contributed by atoms with Crippen molar-refractivity contribution < 1.29 is 23.7 Å². The van der Waals surface area contributed by atoms with Gasteiger partial charge in [0.05, 0.1) is 30.7 Å². The molecule has 166 valence electrons. The average Bonchev–Trinajstić information content (AvgIpc) is 3.19. The number of nitrogens with one attached hydrogen (secondary N) is 2. The topological polar surface area (TPSA) is 127 Å². The maximum Gasteiger partial charge on any atom is 0.273 e. The predicted octanol–water partition coefficient (Wildman–Crippen LogP) is 1.72. The average molecular weight is 430 g/mol. The molecule has 2 N–H and O–H groups in total. The molecule has 0 radical (unpaired) electrons. The molecule has 0 saturated carbocycles. The van der Waals surface area contributed by atoms with Crippen molar-refractivity contribution in [3.05, 3.63) is 63.1 Å². The lowest BCUT2D eigenvalue weighted by atomic mass is 10.1. The van der Waals surface area contributed by atoms with Gasteiger partial charge in [-0.05, 0) is 32.0 Å². The van der Waals surface area contributed by atoms with E-state index in [0.717, 1.165) is 24.6 Å². The van der Waals surface area contributed by atoms with E-state index in [9.17, 15) is 19.7 Å². The fraction of sp³-hybridized carbons (Fsp3) is 0.429. The first kappa shape index (κ1) is 22.4. The summed E-state index contributed by atoms with van der Waals surface area (Å²) in [5.74, 6) is 0.635. The van der Waals surface area contributed by atoms with Crippen LogP contribution in [0.1, 0.15) is 33.5 Å². The first-order valence-electron chi connectivity index (χ1n) is 10.0. The SMILES string of the molecule is Cc1ccc(C(CNC(=O)CNC(=O)c2ccc(C)c([N+](=O)[O-])c2)N2CCOCC2)o1. The molecule has 0 aliphatic carbocycles. The van der Waals surface area contributed by atoms with Crippen molar-refractivity contribution in [2.45, 2.75) is 19.9 Å². The number of rotatable bonds is 8. The van der Waals surface area contributed by atoms with Gasteiger partial charge in [0.2, 0.25) is 5.91 Å². The van der Waals surface area contributed by atoms with Gasteiger partial charge in [-0.25, -0.2) is 0 Å². The summed E-state index contributed by atoms with van der Waals surface area (Å²) >= 11 is 0. The summed E-state index contributed by atoms with van der Waals surface area (Å²) in [7, 11) is 0. The van der Waals surface area contributed by atoms with E-state index in [-0.39, 0.29) is 29.7 Å². The molecular weight excluding hydrogens is 404 g/mol.